The minimum atomic E-state index is -0.803. The summed E-state index contributed by atoms with van der Waals surface area (Å²) in [7, 11) is 0. The van der Waals surface area contributed by atoms with Gasteiger partial charge in [-0.15, -0.1) is 0 Å². The van der Waals surface area contributed by atoms with Crippen LogP contribution >= 0.6 is 11.6 Å². The molecule has 0 radical (unpaired) electrons. The van der Waals surface area contributed by atoms with Crippen molar-refractivity contribution in [2.24, 2.45) is 5.73 Å². The van der Waals surface area contributed by atoms with Crippen LogP contribution in [-0.4, -0.2) is 30.4 Å². The molecule has 0 aromatic heterocycles. The van der Waals surface area contributed by atoms with Gasteiger partial charge in [0.05, 0.1) is 0 Å². The Morgan fingerprint density at radius 1 is 1.50 bits per heavy atom. The van der Waals surface area contributed by atoms with E-state index in [0.717, 1.165) is 0 Å². The second kappa shape index (κ2) is 6.19. The number of hydrogen-bond donors (Lipinski definition) is 3. The lowest BCUT2D eigenvalue weighted by Crippen LogP contribution is -2.38. The fraction of sp³-hybridized carbons (Fsp3) is 0.300. The van der Waals surface area contributed by atoms with E-state index in [4.69, 9.17) is 22.1 Å². The van der Waals surface area contributed by atoms with Gasteiger partial charge in [-0.05, 0) is 24.3 Å². The first-order valence-corrected chi connectivity index (χ1v) is 5.05. The molecule has 2 amide bonds. The number of carbonyl (C=O) groups excluding carboxylic acids is 1. The normalized spacial score (nSPS) is 11.9. The van der Waals surface area contributed by atoms with Crippen LogP contribution in [0.15, 0.2) is 24.3 Å². The molecule has 0 aliphatic heterocycles. The summed E-state index contributed by atoms with van der Waals surface area (Å²) in [5, 5.41) is 12.3. The molecule has 6 heteroatoms. The molecule has 1 rings (SSSR count). The summed E-state index contributed by atoms with van der Waals surface area (Å²) < 4.78 is 5.25. The lowest BCUT2D eigenvalue weighted by atomic mass is 10.3. The highest BCUT2D eigenvalue weighted by Gasteiger charge is 2.05. The molecular formula is C10H13ClN2O3. The number of aliphatic hydroxyl groups is 1. The molecule has 0 spiro atoms. The highest BCUT2D eigenvalue weighted by molar-refractivity contribution is 6.30. The third kappa shape index (κ3) is 4.86. The summed E-state index contributed by atoms with van der Waals surface area (Å²) in [6, 6.07) is 6.08. The molecule has 5 nitrogen and oxygen atoms in total. The van der Waals surface area contributed by atoms with Crippen LogP contribution in [0.25, 0.3) is 0 Å². The third-order valence-electron chi connectivity index (χ3n) is 1.77. The molecule has 0 bridgehead atoms. The second-order valence-corrected chi connectivity index (χ2v) is 3.60. The van der Waals surface area contributed by atoms with Gasteiger partial charge in [0.25, 0.3) is 0 Å². The molecule has 88 valence electrons. The number of nitrogens with one attached hydrogen (secondary N) is 1. The van der Waals surface area contributed by atoms with Crippen LogP contribution in [0.5, 0.6) is 5.75 Å². The minimum Gasteiger partial charge on any atom is -0.491 e. The summed E-state index contributed by atoms with van der Waals surface area (Å²) in [6.45, 7) is 0.130. The van der Waals surface area contributed by atoms with Crippen molar-refractivity contribution >= 4 is 17.6 Å². The Hall–Kier alpha value is -1.46. The topological polar surface area (TPSA) is 84.6 Å². The fourth-order valence-corrected chi connectivity index (χ4v) is 1.13. The maximum atomic E-state index is 10.4. The smallest absolute Gasteiger partial charge is 0.312 e. The molecule has 0 saturated heterocycles. The first-order valence-electron chi connectivity index (χ1n) is 4.67. The lowest BCUT2D eigenvalue weighted by molar-refractivity contribution is 0.108. The van der Waals surface area contributed by atoms with E-state index in [1.165, 1.54) is 0 Å². The zero-order chi connectivity index (χ0) is 12.0. The Balaban J connectivity index is 2.28. The monoisotopic (exact) mass is 244 g/mol. The highest BCUT2D eigenvalue weighted by Crippen LogP contribution is 2.15. The minimum absolute atomic E-state index is 0.0585. The van der Waals surface area contributed by atoms with Gasteiger partial charge in [0.15, 0.2) is 0 Å². The quantitative estimate of drug-likeness (QED) is 0.715. The summed E-state index contributed by atoms with van der Waals surface area (Å²) in [5.74, 6) is 0.600. The van der Waals surface area contributed by atoms with Crippen molar-refractivity contribution in [1.82, 2.24) is 5.32 Å². The summed E-state index contributed by atoms with van der Waals surface area (Å²) >= 11 is 5.69. The number of amides is 2. The molecule has 4 N–H and O–H groups in total. The summed E-state index contributed by atoms with van der Waals surface area (Å²) in [6.07, 6.45) is -0.803. The fourth-order valence-electron chi connectivity index (χ4n) is 1.00. The van der Waals surface area contributed by atoms with Gasteiger partial charge in [-0.1, -0.05) is 11.6 Å². The Morgan fingerprint density at radius 3 is 2.69 bits per heavy atom. The second-order valence-electron chi connectivity index (χ2n) is 3.16. The van der Waals surface area contributed by atoms with Crippen LogP contribution in [0, 0.1) is 0 Å². The van der Waals surface area contributed by atoms with Gasteiger partial charge in [-0.2, -0.15) is 0 Å². The van der Waals surface area contributed by atoms with Crippen molar-refractivity contribution in [3.05, 3.63) is 29.3 Å². The van der Waals surface area contributed by atoms with Crippen LogP contribution in [0.2, 0.25) is 5.02 Å². The number of rotatable bonds is 5. The number of primary amides is 1. The van der Waals surface area contributed by atoms with Crippen molar-refractivity contribution < 1.29 is 14.6 Å². The SMILES string of the molecule is NC(=O)NCC(O)COc1ccc(Cl)cc1. The van der Waals surface area contributed by atoms with Crippen LogP contribution in [0.1, 0.15) is 0 Å². The van der Waals surface area contributed by atoms with Crippen LogP contribution in [0.4, 0.5) is 4.79 Å². The Kier molecular flexibility index (Phi) is 4.88. The Labute approximate surface area is 98.2 Å². The molecule has 0 aliphatic carbocycles. The lowest BCUT2D eigenvalue weighted by Gasteiger charge is -2.12. The number of benzene rings is 1. The number of urea groups is 1. The largest absolute Gasteiger partial charge is 0.491 e. The van der Waals surface area contributed by atoms with Gasteiger partial charge in [-0.3, -0.25) is 0 Å². The average Bonchev–Trinajstić information content (AvgIpc) is 2.25. The standard InChI is InChI=1S/C10H13ClN2O3/c11-7-1-3-9(4-2-7)16-6-8(14)5-13-10(12)15/h1-4,8,14H,5-6H2,(H3,12,13,15). The van der Waals surface area contributed by atoms with E-state index >= 15 is 0 Å². The maximum absolute atomic E-state index is 10.4. The van der Waals surface area contributed by atoms with Gasteiger partial charge in [0, 0.05) is 11.6 Å². The number of aliphatic hydroxyl groups excluding tert-OH is 1. The predicted octanol–water partition coefficient (Wildman–Crippen LogP) is 0.748. The van der Waals surface area contributed by atoms with E-state index < -0.39 is 12.1 Å². The van der Waals surface area contributed by atoms with Gasteiger partial charge < -0.3 is 20.9 Å². The van der Waals surface area contributed by atoms with E-state index in [9.17, 15) is 9.90 Å². The molecule has 1 aromatic carbocycles. The van der Waals surface area contributed by atoms with E-state index in [1.54, 1.807) is 24.3 Å². The van der Waals surface area contributed by atoms with Gasteiger partial charge >= 0.3 is 6.03 Å². The molecule has 16 heavy (non-hydrogen) atoms. The predicted molar refractivity (Wildman–Crippen MR) is 60.5 cm³/mol. The van der Waals surface area contributed by atoms with E-state index in [1.807, 2.05) is 0 Å². The first-order chi connectivity index (χ1) is 7.58. The summed E-state index contributed by atoms with van der Waals surface area (Å²) in [5.41, 5.74) is 4.85. The molecule has 0 aliphatic rings. The zero-order valence-electron chi connectivity index (χ0n) is 8.52. The summed E-state index contributed by atoms with van der Waals surface area (Å²) in [4.78, 5) is 10.4. The van der Waals surface area contributed by atoms with E-state index in [-0.39, 0.29) is 13.2 Å². The molecule has 0 heterocycles. The maximum Gasteiger partial charge on any atom is 0.312 e. The van der Waals surface area contributed by atoms with Crippen LogP contribution in [0.3, 0.4) is 0 Å². The number of halogens is 1. The average molecular weight is 245 g/mol. The molecule has 1 atom stereocenters. The van der Waals surface area contributed by atoms with Crippen molar-refractivity contribution in [2.75, 3.05) is 13.2 Å². The number of carbonyl (C=O) groups is 1. The van der Waals surface area contributed by atoms with Gasteiger partial charge in [-0.25, -0.2) is 4.79 Å². The van der Waals surface area contributed by atoms with Crippen molar-refractivity contribution in [1.29, 1.82) is 0 Å². The number of ether oxygens (including phenoxy) is 1. The van der Waals surface area contributed by atoms with Crippen molar-refractivity contribution in [3.63, 3.8) is 0 Å². The molecule has 1 aromatic rings. The Morgan fingerprint density at radius 2 is 2.12 bits per heavy atom. The van der Waals surface area contributed by atoms with Gasteiger partial charge in [0.2, 0.25) is 0 Å². The third-order valence-corrected chi connectivity index (χ3v) is 2.02. The van der Waals surface area contributed by atoms with Gasteiger partial charge in [0.1, 0.15) is 18.5 Å². The first kappa shape index (κ1) is 12.6. The molecule has 1 unspecified atom stereocenters. The molecular weight excluding hydrogens is 232 g/mol. The highest BCUT2D eigenvalue weighted by atomic mass is 35.5. The van der Waals surface area contributed by atoms with Crippen LogP contribution < -0.4 is 15.8 Å². The van der Waals surface area contributed by atoms with Crippen LogP contribution in [-0.2, 0) is 0 Å². The van der Waals surface area contributed by atoms with E-state index in [0.29, 0.717) is 10.8 Å². The zero-order valence-corrected chi connectivity index (χ0v) is 9.28. The van der Waals surface area contributed by atoms with E-state index in [2.05, 4.69) is 5.32 Å². The van der Waals surface area contributed by atoms with Crippen molar-refractivity contribution in [2.45, 2.75) is 6.10 Å². The molecule has 0 fully saturated rings. The van der Waals surface area contributed by atoms with Crippen molar-refractivity contribution in [3.8, 4) is 5.75 Å². The Bertz CT molecular complexity index is 342. The molecule has 0 saturated carbocycles. The number of hydrogen-bond acceptors (Lipinski definition) is 3. The number of nitrogens with two attached hydrogens (primary N) is 1.